The van der Waals surface area contributed by atoms with Crippen molar-refractivity contribution < 1.29 is 19.4 Å². The predicted octanol–water partition coefficient (Wildman–Crippen LogP) is 4.58. The molecule has 4 nitrogen and oxygen atoms in total. The van der Waals surface area contributed by atoms with Gasteiger partial charge in [0.1, 0.15) is 0 Å². The van der Waals surface area contributed by atoms with E-state index < -0.39 is 5.97 Å². The van der Waals surface area contributed by atoms with E-state index in [9.17, 15) is 4.79 Å². The molecule has 2 heterocycles. The maximum atomic E-state index is 10.5. The van der Waals surface area contributed by atoms with Gasteiger partial charge in [-0.3, -0.25) is 4.79 Å². The summed E-state index contributed by atoms with van der Waals surface area (Å²) in [6.45, 7) is 5.44. The van der Waals surface area contributed by atoms with Crippen molar-refractivity contribution in [2.24, 2.45) is 11.8 Å². The Morgan fingerprint density at radius 2 is 1.83 bits per heavy atom. The summed E-state index contributed by atoms with van der Waals surface area (Å²) in [5.41, 5.74) is 0. The average molecular weight is 338 g/mol. The molecule has 0 aromatic rings. The summed E-state index contributed by atoms with van der Waals surface area (Å²) >= 11 is 0. The summed E-state index contributed by atoms with van der Waals surface area (Å²) < 4.78 is 12.1. The molecule has 2 fully saturated rings. The van der Waals surface area contributed by atoms with Gasteiger partial charge in [0, 0.05) is 18.9 Å². The fraction of sp³-hybridized carbons (Fsp3) is 0.850. The number of aliphatic carboxylic acids is 1. The number of ether oxygens (including phenoxy) is 2. The molecule has 2 aliphatic rings. The Morgan fingerprint density at radius 3 is 2.58 bits per heavy atom. The lowest BCUT2D eigenvalue weighted by Gasteiger charge is -2.28. The van der Waals surface area contributed by atoms with E-state index in [4.69, 9.17) is 14.6 Å². The second kappa shape index (κ2) is 10.9. The third-order valence-electron chi connectivity index (χ3n) is 5.53. The second-order valence-corrected chi connectivity index (χ2v) is 7.32. The molecule has 1 N–H and O–H groups in total. The van der Waals surface area contributed by atoms with Crippen molar-refractivity contribution in [1.29, 1.82) is 0 Å². The van der Waals surface area contributed by atoms with Gasteiger partial charge >= 0.3 is 5.97 Å². The zero-order valence-electron chi connectivity index (χ0n) is 15.0. The Bertz CT molecular complexity index is 382. The Kier molecular flexibility index (Phi) is 8.82. The average Bonchev–Trinajstić information content (AvgIpc) is 3.15. The molecule has 0 unspecified atom stereocenters. The topological polar surface area (TPSA) is 55.8 Å². The van der Waals surface area contributed by atoms with Crippen LogP contribution in [0.5, 0.6) is 0 Å². The first-order valence-electron chi connectivity index (χ1n) is 9.78. The standard InChI is InChI=1S/C20H34O4/c1-2-3-4-9-14-23-15-17-16(18-12-13-19(17)24-18)10-7-5-6-8-11-20(21)22/h2,16-19H,1,3-15H2,(H,21,22)/t16-,17+,18-,19+/m1/s1. The molecule has 2 aliphatic heterocycles. The van der Waals surface area contributed by atoms with Crippen LogP contribution in [0, 0.1) is 11.8 Å². The van der Waals surface area contributed by atoms with Gasteiger partial charge in [-0.15, -0.1) is 6.58 Å². The van der Waals surface area contributed by atoms with E-state index in [1.54, 1.807) is 0 Å². The van der Waals surface area contributed by atoms with E-state index in [0.717, 1.165) is 51.7 Å². The summed E-state index contributed by atoms with van der Waals surface area (Å²) in [5.74, 6) is 0.542. The molecule has 2 bridgehead atoms. The molecule has 2 rings (SSSR count). The molecule has 0 spiro atoms. The van der Waals surface area contributed by atoms with Gasteiger partial charge in [-0.05, 0) is 50.9 Å². The van der Waals surface area contributed by atoms with Gasteiger partial charge < -0.3 is 14.6 Å². The highest BCUT2D eigenvalue weighted by molar-refractivity contribution is 5.66. The van der Waals surface area contributed by atoms with Gasteiger partial charge in [0.2, 0.25) is 0 Å². The van der Waals surface area contributed by atoms with Crippen LogP contribution >= 0.6 is 0 Å². The van der Waals surface area contributed by atoms with E-state index in [1.807, 2.05) is 6.08 Å². The van der Waals surface area contributed by atoms with E-state index in [-0.39, 0.29) is 0 Å². The number of rotatable bonds is 14. The molecule has 2 saturated heterocycles. The van der Waals surface area contributed by atoms with Crippen LogP contribution in [0.2, 0.25) is 0 Å². The molecule has 4 heteroatoms. The minimum Gasteiger partial charge on any atom is -0.481 e. The highest BCUT2D eigenvalue weighted by Gasteiger charge is 2.48. The van der Waals surface area contributed by atoms with Crippen LogP contribution in [-0.2, 0) is 14.3 Å². The van der Waals surface area contributed by atoms with Crippen LogP contribution in [0.4, 0.5) is 0 Å². The molecular formula is C20H34O4. The third kappa shape index (κ3) is 6.21. The first-order chi connectivity index (χ1) is 11.7. The summed E-state index contributed by atoms with van der Waals surface area (Å²) in [5, 5.41) is 8.66. The van der Waals surface area contributed by atoms with E-state index in [1.165, 1.54) is 25.7 Å². The fourth-order valence-corrected chi connectivity index (χ4v) is 4.22. The Balaban J connectivity index is 1.60. The van der Waals surface area contributed by atoms with Gasteiger partial charge in [-0.2, -0.15) is 0 Å². The lowest BCUT2D eigenvalue weighted by atomic mass is 9.77. The van der Waals surface area contributed by atoms with Crippen LogP contribution in [-0.4, -0.2) is 36.5 Å². The molecule has 0 amide bonds. The Labute approximate surface area is 146 Å². The van der Waals surface area contributed by atoms with Gasteiger partial charge in [0.25, 0.3) is 0 Å². The summed E-state index contributed by atoms with van der Waals surface area (Å²) in [6, 6.07) is 0. The normalized spacial score (nSPS) is 28.3. The highest BCUT2D eigenvalue weighted by Crippen LogP contribution is 2.45. The zero-order chi connectivity index (χ0) is 17.2. The van der Waals surface area contributed by atoms with Crippen molar-refractivity contribution in [3.8, 4) is 0 Å². The number of unbranched alkanes of at least 4 members (excludes halogenated alkanes) is 5. The molecule has 4 atom stereocenters. The third-order valence-corrected chi connectivity index (χ3v) is 5.53. The van der Waals surface area contributed by atoms with Crippen molar-refractivity contribution in [1.82, 2.24) is 0 Å². The lowest BCUT2D eigenvalue weighted by molar-refractivity contribution is -0.137. The SMILES string of the molecule is C=CCCCCOC[C@H]1[C@@H](CCCCCCC(=O)O)[C@H]2CC[C@@H]1O2. The number of carboxylic acids is 1. The number of hydrogen-bond donors (Lipinski definition) is 1. The van der Waals surface area contributed by atoms with Crippen molar-refractivity contribution >= 4 is 5.97 Å². The van der Waals surface area contributed by atoms with E-state index in [0.29, 0.717) is 30.5 Å². The smallest absolute Gasteiger partial charge is 0.303 e. The monoisotopic (exact) mass is 338 g/mol. The van der Waals surface area contributed by atoms with Gasteiger partial charge in [-0.1, -0.05) is 25.3 Å². The van der Waals surface area contributed by atoms with Gasteiger partial charge in [0.05, 0.1) is 18.8 Å². The molecule has 0 aromatic heterocycles. The Morgan fingerprint density at radius 1 is 1.08 bits per heavy atom. The molecule has 0 saturated carbocycles. The number of fused-ring (bicyclic) bond motifs is 2. The van der Waals surface area contributed by atoms with Crippen molar-refractivity contribution in [2.45, 2.75) is 82.8 Å². The number of hydrogen-bond acceptors (Lipinski definition) is 3. The second-order valence-electron chi connectivity index (χ2n) is 7.32. The van der Waals surface area contributed by atoms with Gasteiger partial charge in [-0.25, -0.2) is 0 Å². The van der Waals surface area contributed by atoms with E-state index >= 15 is 0 Å². The zero-order valence-corrected chi connectivity index (χ0v) is 15.0. The largest absolute Gasteiger partial charge is 0.481 e. The minimum absolute atomic E-state index is 0.305. The van der Waals surface area contributed by atoms with E-state index in [2.05, 4.69) is 6.58 Å². The lowest BCUT2D eigenvalue weighted by Crippen LogP contribution is -2.31. The fourth-order valence-electron chi connectivity index (χ4n) is 4.22. The summed E-state index contributed by atoms with van der Waals surface area (Å²) in [7, 11) is 0. The van der Waals surface area contributed by atoms with Crippen LogP contribution in [0.25, 0.3) is 0 Å². The number of carboxylic acid groups (broad SMARTS) is 1. The van der Waals surface area contributed by atoms with Crippen LogP contribution < -0.4 is 0 Å². The van der Waals surface area contributed by atoms with Crippen LogP contribution in [0.1, 0.15) is 70.6 Å². The number of allylic oxidation sites excluding steroid dienone is 1. The van der Waals surface area contributed by atoms with Crippen LogP contribution in [0.15, 0.2) is 12.7 Å². The van der Waals surface area contributed by atoms with Gasteiger partial charge in [0.15, 0.2) is 0 Å². The quantitative estimate of drug-likeness (QED) is 0.372. The number of carbonyl (C=O) groups is 1. The molecular weight excluding hydrogens is 304 g/mol. The van der Waals surface area contributed by atoms with Crippen LogP contribution in [0.3, 0.4) is 0 Å². The van der Waals surface area contributed by atoms with Crippen molar-refractivity contribution in [3.05, 3.63) is 12.7 Å². The summed E-state index contributed by atoms with van der Waals surface area (Å²) in [4.78, 5) is 10.5. The maximum Gasteiger partial charge on any atom is 0.303 e. The molecule has 0 radical (unpaired) electrons. The Hall–Kier alpha value is -0.870. The van der Waals surface area contributed by atoms with Crippen molar-refractivity contribution in [2.75, 3.05) is 13.2 Å². The minimum atomic E-state index is -0.679. The predicted molar refractivity (Wildman–Crippen MR) is 95.1 cm³/mol. The molecule has 24 heavy (non-hydrogen) atoms. The first kappa shape index (κ1) is 19.5. The molecule has 0 aliphatic carbocycles. The highest BCUT2D eigenvalue weighted by atomic mass is 16.5. The molecule has 138 valence electrons. The maximum absolute atomic E-state index is 10.5. The summed E-state index contributed by atoms with van der Waals surface area (Å²) in [6.07, 6.45) is 14.3. The van der Waals surface area contributed by atoms with Crippen molar-refractivity contribution in [3.63, 3.8) is 0 Å². The first-order valence-corrected chi connectivity index (χ1v) is 9.78. The molecule has 0 aromatic carbocycles.